The molecule has 474 valence electrons. The van der Waals surface area contributed by atoms with E-state index in [2.05, 4.69) is 97.8 Å². The number of rotatable bonds is 58. The molecule has 0 amide bonds. The van der Waals surface area contributed by atoms with Crippen molar-refractivity contribution in [1.82, 2.24) is 14.7 Å². The van der Waals surface area contributed by atoms with Gasteiger partial charge in [0.15, 0.2) is 0 Å². The van der Waals surface area contributed by atoms with E-state index in [-0.39, 0.29) is 65.9 Å². The molecular formula is C57H111N3O12S8. The number of carbonyl (C=O) groups is 4. The van der Waals surface area contributed by atoms with Crippen molar-refractivity contribution in [3.63, 3.8) is 0 Å². The van der Waals surface area contributed by atoms with Crippen LogP contribution in [-0.4, -0.2) is 240 Å². The molecule has 0 aliphatic heterocycles. The Morgan fingerprint density at radius 1 is 0.300 bits per heavy atom. The Kier molecular flexibility index (Phi) is 51.7. The molecule has 0 saturated carbocycles. The Hall–Kier alpha value is 0.400. The smallest absolute Gasteiger partial charge is 0.307 e. The second-order valence-corrected chi connectivity index (χ2v) is 35.5. The minimum absolute atomic E-state index is 0.0225. The number of hydrogen-bond donors (Lipinski definition) is 0. The maximum atomic E-state index is 13.1. The standard InChI is InChI=1S/C57H111N3O12S8/c1-14-30-65-34-42-73-54(5,6)77-46-38-69-50(61)18-22-59(23-19-51(62)70-39-47-78-55(7,8)74-43-35-66-31-15-2)28-26-58(13)27-29-60(24-20-52(63)71-40-48-79-56(9,10)75-44-36-67-32-16-3)25-21-53(64)72-41-49-80-57(11,12)76-45-37-68-33-17-4/h14-49H2,1-13H3. The van der Waals surface area contributed by atoms with Gasteiger partial charge in [-0.3, -0.25) is 19.2 Å². The second kappa shape index (κ2) is 51.4. The fraction of sp³-hybridized carbons (Fsp3) is 0.930. The van der Waals surface area contributed by atoms with Crippen LogP contribution in [0.3, 0.4) is 0 Å². The summed E-state index contributed by atoms with van der Waals surface area (Å²) < 4.78 is 45.2. The highest BCUT2D eigenvalue weighted by Gasteiger charge is 2.23. The molecule has 0 aliphatic rings. The zero-order valence-electron chi connectivity index (χ0n) is 52.0. The van der Waals surface area contributed by atoms with Gasteiger partial charge in [-0.1, -0.05) is 27.7 Å². The van der Waals surface area contributed by atoms with E-state index in [1.54, 1.807) is 47.0 Å². The van der Waals surface area contributed by atoms with Crippen LogP contribution in [0, 0.1) is 0 Å². The van der Waals surface area contributed by atoms with Gasteiger partial charge in [0.25, 0.3) is 0 Å². The molecule has 0 aliphatic carbocycles. The number of esters is 4. The maximum Gasteiger partial charge on any atom is 0.307 e. The number of carbonyl (C=O) groups excluding carboxylic acids is 4. The molecule has 15 nitrogen and oxygen atoms in total. The first kappa shape index (κ1) is 80.4. The molecule has 0 heterocycles. The number of nitrogens with zero attached hydrogens (tertiary/aromatic N) is 3. The largest absolute Gasteiger partial charge is 0.465 e. The Labute approximate surface area is 521 Å². The third kappa shape index (κ3) is 52.7. The van der Waals surface area contributed by atoms with Gasteiger partial charge in [-0.2, -0.15) is 0 Å². The van der Waals surface area contributed by atoms with E-state index in [0.717, 1.165) is 102 Å². The lowest BCUT2D eigenvalue weighted by atomic mass is 10.3. The van der Waals surface area contributed by atoms with Crippen LogP contribution in [0.1, 0.15) is 134 Å². The molecule has 0 unspecified atom stereocenters. The summed E-state index contributed by atoms with van der Waals surface area (Å²) >= 11 is 14.5. The van der Waals surface area contributed by atoms with Gasteiger partial charge in [-0.15, -0.1) is 94.1 Å². The average molecular weight is 1290 g/mol. The highest BCUT2D eigenvalue weighted by atomic mass is 32.2. The van der Waals surface area contributed by atoms with Crippen LogP contribution in [-0.2, 0) is 57.1 Å². The monoisotopic (exact) mass is 1290 g/mol. The molecule has 0 radical (unpaired) electrons. The predicted molar refractivity (Wildman–Crippen MR) is 353 cm³/mol. The molecule has 0 fully saturated rings. The van der Waals surface area contributed by atoms with Crippen molar-refractivity contribution in [1.29, 1.82) is 0 Å². The molecule has 0 spiro atoms. The molecule has 0 bridgehead atoms. The summed E-state index contributed by atoms with van der Waals surface area (Å²) in [6.45, 7) is 37.6. The molecule has 0 aromatic rings. The zero-order valence-corrected chi connectivity index (χ0v) is 58.5. The zero-order chi connectivity index (χ0) is 59.8. The van der Waals surface area contributed by atoms with E-state index in [1.165, 1.54) is 0 Å². The van der Waals surface area contributed by atoms with Crippen molar-refractivity contribution in [2.45, 2.75) is 151 Å². The Bertz CT molecular complexity index is 1340. The molecule has 0 aromatic heterocycles. The van der Waals surface area contributed by atoms with Crippen LogP contribution < -0.4 is 0 Å². The number of hydrogen-bond acceptors (Lipinski definition) is 23. The number of thioether (sulfide) groups is 8. The number of ether oxygens (including phenoxy) is 8. The van der Waals surface area contributed by atoms with Crippen LogP contribution in [0.15, 0.2) is 0 Å². The third-order valence-corrected chi connectivity index (χ3v) is 22.8. The van der Waals surface area contributed by atoms with Crippen molar-refractivity contribution in [2.75, 3.05) is 185 Å². The first-order chi connectivity index (χ1) is 38.1. The first-order valence-electron chi connectivity index (χ1n) is 29.3. The van der Waals surface area contributed by atoms with Gasteiger partial charge in [0, 0.05) is 125 Å². The fourth-order valence-corrected chi connectivity index (χ4v) is 15.7. The Morgan fingerprint density at radius 3 is 0.700 bits per heavy atom. The average Bonchev–Trinajstić information content (AvgIpc) is 3.40. The van der Waals surface area contributed by atoms with E-state index in [0.29, 0.717) is 102 Å². The summed E-state index contributed by atoms with van der Waals surface area (Å²) in [7, 11) is 2.04. The van der Waals surface area contributed by atoms with E-state index in [9.17, 15) is 19.2 Å². The normalized spacial score (nSPS) is 12.5. The number of likely N-dealkylation sites (N-methyl/N-ethyl adjacent to an activating group) is 1. The maximum absolute atomic E-state index is 13.1. The summed E-state index contributed by atoms with van der Waals surface area (Å²) in [5.41, 5.74) is 0. The van der Waals surface area contributed by atoms with Crippen molar-refractivity contribution >= 4 is 118 Å². The van der Waals surface area contributed by atoms with E-state index in [1.807, 2.05) is 54.1 Å². The summed E-state index contributed by atoms with van der Waals surface area (Å²) in [6.07, 6.45) is 4.87. The van der Waals surface area contributed by atoms with Gasteiger partial charge in [-0.25, -0.2) is 0 Å². The summed E-state index contributed by atoms with van der Waals surface area (Å²) in [4.78, 5) is 58.7. The highest BCUT2D eigenvalue weighted by molar-refractivity contribution is 8.19. The topological polar surface area (TPSA) is 152 Å². The van der Waals surface area contributed by atoms with Crippen LogP contribution in [0.4, 0.5) is 0 Å². The van der Waals surface area contributed by atoms with Crippen LogP contribution in [0.25, 0.3) is 0 Å². The lowest BCUT2D eigenvalue weighted by Crippen LogP contribution is -2.40. The predicted octanol–water partition coefficient (Wildman–Crippen LogP) is 11.8. The van der Waals surface area contributed by atoms with E-state index < -0.39 is 0 Å². The lowest BCUT2D eigenvalue weighted by molar-refractivity contribution is -0.145. The van der Waals surface area contributed by atoms with Crippen molar-refractivity contribution in [3.8, 4) is 0 Å². The molecule has 23 heteroatoms. The summed E-state index contributed by atoms with van der Waals surface area (Å²) in [6, 6.07) is 0. The van der Waals surface area contributed by atoms with Gasteiger partial charge in [0.2, 0.25) is 0 Å². The molecule has 0 saturated heterocycles. The molecule has 0 atom stereocenters. The van der Waals surface area contributed by atoms with Gasteiger partial charge in [0.05, 0.1) is 68.4 Å². The molecule has 80 heavy (non-hydrogen) atoms. The Balaban J connectivity index is 5.59. The lowest BCUT2D eigenvalue weighted by Gasteiger charge is -2.28. The quantitative estimate of drug-likeness (QED) is 0.0245. The second-order valence-electron chi connectivity index (χ2n) is 20.7. The van der Waals surface area contributed by atoms with Crippen molar-refractivity contribution < 1.29 is 57.1 Å². The highest BCUT2D eigenvalue weighted by Crippen LogP contribution is 2.38. The van der Waals surface area contributed by atoms with Gasteiger partial charge < -0.3 is 52.6 Å². The molecular weight excluding hydrogens is 1180 g/mol. The summed E-state index contributed by atoms with van der Waals surface area (Å²) in [5.74, 6) is 5.41. The fourth-order valence-electron chi connectivity index (χ4n) is 7.00. The van der Waals surface area contributed by atoms with Crippen LogP contribution in [0.2, 0.25) is 0 Å². The van der Waals surface area contributed by atoms with Crippen LogP contribution in [0.5, 0.6) is 0 Å². The minimum atomic E-state index is -0.261. The van der Waals surface area contributed by atoms with E-state index in [4.69, 9.17) is 37.9 Å². The van der Waals surface area contributed by atoms with E-state index >= 15 is 0 Å². The minimum Gasteiger partial charge on any atom is -0.465 e. The first-order valence-corrected chi connectivity index (χ1v) is 37.1. The summed E-state index contributed by atoms with van der Waals surface area (Å²) in [5, 5.41) is 0. The molecule has 0 rings (SSSR count). The molecule has 0 aromatic carbocycles. The SMILES string of the molecule is CCCOCCSC(C)(C)SCCOC(=O)CCN(CCC(=O)OCCSC(C)(C)SCCOCCC)CCN(C)CCN(CCC(=O)OCCSC(C)(C)SCCOCCC)CCC(=O)OCCSC(C)(C)SCCOCCC. The van der Waals surface area contributed by atoms with Crippen LogP contribution >= 0.6 is 94.1 Å². The van der Waals surface area contributed by atoms with Gasteiger partial charge in [0.1, 0.15) is 26.4 Å². The molecule has 0 N–H and O–H groups in total. The van der Waals surface area contributed by atoms with Gasteiger partial charge >= 0.3 is 23.9 Å². The third-order valence-electron chi connectivity index (χ3n) is 11.4. The Morgan fingerprint density at radius 2 is 0.500 bits per heavy atom. The van der Waals surface area contributed by atoms with Gasteiger partial charge in [-0.05, 0) is 88.1 Å². The van der Waals surface area contributed by atoms with Crippen molar-refractivity contribution in [2.24, 2.45) is 0 Å². The van der Waals surface area contributed by atoms with Crippen molar-refractivity contribution in [3.05, 3.63) is 0 Å².